The minimum Gasteiger partial charge on any atom is -0.475 e. The standard InChI is InChI=1S/C14H15NO3/c1-2-15(12-6-4-3-5-7-12)10-11-8-9-18-13(11)14(16)17/h3-9H,2,10H2,1H3,(H,16,17). The summed E-state index contributed by atoms with van der Waals surface area (Å²) >= 11 is 0. The number of carbonyl (C=O) groups is 1. The maximum absolute atomic E-state index is 11.0. The number of furan rings is 1. The number of nitrogens with zero attached hydrogens (tertiary/aromatic N) is 1. The van der Waals surface area contributed by atoms with Crippen LogP contribution in [0.5, 0.6) is 0 Å². The third kappa shape index (κ3) is 2.53. The van der Waals surface area contributed by atoms with Gasteiger partial charge in [0.15, 0.2) is 0 Å². The first-order valence-corrected chi connectivity index (χ1v) is 5.82. The molecule has 1 aromatic carbocycles. The average Bonchev–Trinajstić information content (AvgIpc) is 2.85. The van der Waals surface area contributed by atoms with Crippen LogP contribution in [0.15, 0.2) is 47.1 Å². The minimum absolute atomic E-state index is 0.0179. The van der Waals surface area contributed by atoms with Crippen molar-refractivity contribution in [3.63, 3.8) is 0 Å². The van der Waals surface area contributed by atoms with Crippen molar-refractivity contribution in [3.8, 4) is 0 Å². The number of benzene rings is 1. The molecule has 0 saturated carbocycles. The highest BCUT2D eigenvalue weighted by Crippen LogP contribution is 2.19. The lowest BCUT2D eigenvalue weighted by atomic mass is 10.2. The van der Waals surface area contributed by atoms with Gasteiger partial charge >= 0.3 is 5.97 Å². The Bertz CT molecular complexity index is 519. The molecular formula is C14H15NO3. The van der Waals surface area contributed by atoms with Gasteiger partial charge in [-0.3, -0.25) is 0 Å². The highest BCUT2D eigenvalue weighted by Gasteiger charge is 2.16. The SMILES string of the molecule is CCN(Cc1ccoc1C(=O)O)c1ccccc1. The van der Waals surface area contributed by atoms with Gasteiger partial charge in [0.2, 0.25) is 5.76 Å². The first-order valence-electron chi connectivity index (χ1n) is 5.82. The van der Waals surface area contributed by atoms with E-state index in [0.717, 1.165) is 12.2 Å². The summed E-state index contributed by atoms with van der Waals surface area (Å²) in [7, 11) is 0. The highest BCUT2D eigenvalue weighted by atomic mass is 16.4. The van der Waals surface area contributed by atoms with Gasteiger partial charge in [-0.1, -0.05) is 18.2 Å². The van der Waals surface area contributed by atoms with E-state index < -0.39 is 5.97 Å². The molecule has 94 valence electrons. The van der Waals surface area contributed by atoms with Crippen molar-refractivity contribution in [1.82, 2.24) is 0 Å². The minimum atomic E-state index is -1.03. The fourth-order valence-corrected chi connectivity index (χ4v) is 1.88. The molecule has 4 nitrogen and oxygen atoms in total. The topological polar surface area (TPSA) is 53.7 Å². The lowest BCUT2D eigenvalue weighted by Gasteiger charge is -2.22. The lowest BCUT2D eigenvalue weighted by Crippen LogP contribution is -2.22. The summed E-state index contributed by atoms with van der Waals surface area (Å²) in [5.41, 5.74) is 1.76. The molecule has 0 atom stereocenters. The zero-order valence-corrected chi connectivity index (χ0v) is 10.2. The second kappa shape index (κ2) is 5.40. The number of hydrogen-bond donors (Lipinski definition) is 1. The fraction of sp³-hybridized carbons (Fsp3) is 0.214. The molecule has 1 aromatic heterocycles. The predicted molar refractivity (Wildman–Crippen MR) is 68.8 cm³/mol. The van der Waals surface area contributed by atoms with E-state index in [0.29, 0.717) is 12.1 Å². The van der Waals surface area contributed by atoms with E-state index in [1.54, 1.807) is 6.07 Å². The number of para-hydroxylation sites is 1. The first kappa shape index (κ1) is 12.2. The smallest absolute Gasteiger partial charge is 0.372 e. The van der Waals surface area contributed by atoms with E-state index in [9.17, 15) is 4.79 Å². The van der Waals surface area contributed by atoms with Crippen LogP contribution in [-0.4, -0.2) is 17.6 Å². The molecule has 0 bridgehead atoms. The third-order valence-corrected chi connectivity index (χ3v) is 2.81. The molecule has 1 N–H and O–H groups in total. The third-order valence-electron chi connectivity index (χ3n) is 2.81. The van der Waals surface area contributed by atoms with Gasteiger partial charge in [0.1, 0.15) is 0 Å². The maximum atomic E-state index is 11.0. The predicted octanol–water partition coefficient (Wildman–Crippen LogP) is 3.00. The van der Waals surface area contributed by atoms with Gasteiger partial charge in [-0.05, 0) is 25.1 Å². The molecule has 0 amide bonds. The number of hydrogen-bond acceptors (Lipinski definition) is 3. The molecule has 2 aromatic rings. The molecule has 2 rings (SSSR count). The molecule has 0 spiro atoms. The quantitative estimate of drug-likeness (QED) is 0.879. The van der Waals surface area contributed by atoms with Crippen molar-refractivity contribution in [2.24, 2.45) is 0 Å². The molecule has 1 heterocycles. The van der Waals surface area contributed by atoms with Crippen LogP contribution in [-0.2, 0) is 6.54 Å². The number of carboxylic acids is 1. The van der Waals surface area contributed by atoms with E-state index in [4.69, 9.17) is 9.52 Å². The summed E-state index contributed by atoms with van der Waals surface area (Å²) in [5, 5.41) is 9.00. The molecule has 0 radical (unpaired) electrons. The van der Waals surface area contributed by atoms with Crippen molar-refractivity contribution in [2.45, 2.75) is 13.5 Å². The summed E-state index contributed by atoms with van der Waals surface area (Å²) < 4.78 is 4.98. The Morgan fingerprint density at radius 1 is 1.28 bits per heavy atom. The summed E-state index contributed by atoms with van der Waals surface area (Å²) in [4.78, 5) is 13.1. The molecule has 0 aliphatic rings. The summed E-state index contributed by atoms with van der Waals surface area (Å²) in [6.45, 7) is 3.36. The van der Waals surface area contributed by atoms with E-state index in [-0.39, 0.29) is 5.76 Å². The van der Waals surface area contributed by atoms with Gasteiger partial charge < -0.3 is 14.4 Å². The lowest BCUT2D eigenvalue weighted by molar-refractivity contribution is 0.0661. The van der Waals surface area contributed by atoms with Crippen molar-refractivity contribution in [1.29, 1.82) is 0 Å². The molecular weight excluding hydrogens is 230 g/mol. The van der Waals surface area contributed by atoms with Gasteiger partial charge in [0.05, 0.1) is 6.26 Å². The Morgan fingerprint density at radius 2 is 2.00 bits per heavy atom. The summed E-state index contributed by atoms with van der Waals surface area (Å²) in [6.07, 6.45) is 1.41. The second-order valence-corrected chi connectivity index (χ2v) is 3.93. The van der Waals surface area contributed by atoms with Gasteiger partial charge in [-0.2, -0.15) is 0 Å². The van der Waals surface area contributed by atoms with Crippen molar-refractivity contribution < 1.29 is 14.3 Å². The molecule has 0 fully saturated rings. The Labute approximate surface area is 105 Å². The van der Waals surface area contributed by atoms with Gasteiger partial charge in [0.25, 0.3) is 0 Å². The first-order chi connectivity index (χ1) is 8.72. The Morgan fingerprint density at radius 3 is 2.61 bits per heavy atom. The van der Waals surface area contributed by atoms with Crippen LogP contribution in [0.4, 0.5) is 5.69 Å². The van der Waals surface area contributed by atoms with E-state index >= 15 is 0 Å². The van der Waals surface area contributed by atoms with E-state index in [1.807, 2.05) is 37.3 Å². The van der Waals surface area contributed by atoms with Crippen LogP contribution in [0.1, 0.15) is 23.0 Å². The Kier molecular flexibility index (Phi) is 3.67. The van der Waals surface area contributed by atoms with Crippen LogP contribution in [0.3, 0.4) is 0 Å². The largest absolute Gasteiger partial charge is 0.475 e. The Balaban J connectivity index is 2.21. The molecule has 0 aliphatic heterocycles. The van der Waals surface area contributed by atoms with Gasteiger partial charge in [-0.15, -0.1) is 0 Å². The van der Waals surface area contributed by atoms with Crippen LogP contribution >= 0.6 is 0 Å². The Hall–Kier alpha value is -2.23. The van der Waals surface area contributed by atoms with E-state index in [2.05, 4.69) is 4.90 Å². The van der Waals surface area contributed by atoms with Crippen LogP contribution in [0.2, 0.25) is 0 Å². The van der Waals surface area contributed by atoms with E-state index in [1.165, 1.54) is 6.26 Å². The van der Waals surface area contributed by atoms with Crippen LogP contribution in [0.25, 0.3) is 0 Å². The van der Waals surface area contributed by atoms with Crippen molar-refractivity contribution in [2.75, 3.05) is 11.4 Å². The second-order valence-electron chi connectivity index (χ2n) is 3.93. The fourth-order valence-electron chi connectivity index (χ4n) is 1.88. The molecule has 0 aliphatic carbocycles. The van der Waals surface area contributed by atoms with Crippen LogP contribution in [0, 0.1) is 0 Å². The van der Waals surface area contributed by atoms with Crippen molar-refractivity contribution in [3.05, 3.63) is 54.0 Å². The molecule has 0 saturated heterocycles. The zero-order chi connectivity index (χ0) is 13.0. The number of anilines is 1. The van der Waals surface area contributed by atoms with Gasteiger partial charge in [0, 0.05) is 24.3 Å². The highest BCUT2D eigenvalue weighted by molar-refractivity contribution is 5.86. The molecule has 0 unspecified atom stereocenters. The number of rotatable bonds is 5. The number of carboxylic acid groups (broad SMARTS) is 1. The molecule has 18 heavy (non-hydrogen) atoms. The van der Waals surface area contributed by atoms with Gasteiger partial charge in [-0.25, -0.2) is 4.79 Å². The average molecular weight is 245 g/mol. The monoisotopic (exact) mass is 245 g/mol. The van der Waals surface area contributed by atoms with Crippen LogP contribution < -0.4 is 4.90 Å². The normalized spacial score (nSPS) is 10.3. The summed E-state index contributed by atoms with van der Waals surface area (Å²) in [5.74, 6) is -1.01. The molecule has 4 heteroatoms. The maximum Gasteiger partial charge on any atom is 0.372 e. The summed E-state index contributed by atoms with van der Waals surface area (Å²) in [6, 6.07) is 11.6. The number of aromatic carboxylic acids is 1. The zero-order valence-electron chi connectivity index (χ0n) is 10.2. The van der Waals surface area contributed by atoms with Crippen molar-refractivity contribution >= 4 is 11.7 Å².